The lowest BCUT2D eigenvalue weighted by atomic mass is 10.1. The van der Waals surface area contributed by atoms with Crippen LogP contribution in [0.15, 0.2) is 42.6 Å². The lowest BCUT2D eigenvalue weighted by Crippen LogP contribution is -1.95. The van der Waals surface area contributed by atoms with Crippen LogP contribution in [0, 0.1) is 0 Å². The number of anilines is 3. The fourth-order valence-corrected chi connectivity index (χ4v) is 1.68. The summed E-state index contributed by atoms with van der Waals surface area (Å²) in [5, 5.41) is 6.40. The van der Waals surface area contributed by atoms with Gasteiger partial charge in [0.15, 0.2) is 0 Å². The zero-order chi connectivity index (χ0) is 12.1. The molecule has 3 nitrogen and oxygen atoms in total. The molecule has 0 aliphatic carbocycles. The minimum atomic E-state index is 0.863. The van der Waals surface area contributed by atoms with Gasteiger partial charge in [-0.3, -0.25) is 0 Å². The van der Waals surface area contributed by atoms with Crippen LogP contribution < -0.4 is 10.6 Å². The third kappa shape index (κ3) is 2.97. The molecular weight excluding hydrogens is 210 g/mol. The van der Waals surface area contributed by atoms with Gasteiger partial charge in [0, 0.05) is 30.7 Å². The molecule has 88 valence electrons. The minimum absolute atomic E-state index is 0.863. The van der Waals surface area contributed by atoms with E-state index in [4.69, 9.17) is 0 Å². The standard InChI is InChI=1S/C14H17N3/c1-3-11-5-4-6-12(9-11)17-13-7-8-16-14(10-13)15-2/h4-10H,3H2,1-2H3,(H2,15,16,17). The van der Waals surface area contributed by atoms with Gasteiger partial charge in [0.25, 0.3) is 0 Å². The number of aromatic nitrogens is 1. The molecule has 0 atom stereocenters. The van der Waals surface area contributed by atoms with Gasteiger partial charge in [0.2, 0.25) is 0 Å². The average Bonchev–Trinajstić information content (AvgIpc) is 2.39. The minimum Gasteiger partial charge on any atom is -0.373 e. The highest BCUT2D eigenvalue weighted by Gasteiger charge is 1.97. The maximum absolute atomic E-state index is 4.18. The molecule has 0 saturated heterocycles. The smallest absolute Gasteiger partial charge is 0.127 e. The topological polar surface area (TPSA) is 37.0 Å². The molecule has 2 aromatic rings. The van der Waals surface area contributed by atoms with Gasteiger partial charge in [-0.15, -0.1) is 0 Å². The second-order valence-electron chi connectivity index (χ2n) is 3.86. The van der Waals surface area contributed by atoms with Crippen molar-refractivity contribution in [1.82, 2.24) is 4.98 Å². The number of aryl methyl sites for hydroxylation is 1. The van der Waals surface area contributed by atoms with E-state index in [1.165, 1.54) is 5.56 Å². The van der Waals surface area contributed by atoms with E-state index in [1.54, 1.807) is 6.20 Å². The molecule has 1 aromatic carbocycles. The van der Waals surface area contributed by atoms with Crippen LogP contribution in [0.1, 0.15) is 12.5 Å². The molecule has 0 aliphatic heterocycles. The predicted molar refractivity (Wildman–Crippen MR) is 72.9 cm³/mol. The first-order valence-corrected chi connectivity index (χ1v) is 5.81. The molecular formula is C14H17N3. The fraction of sp³-hybridized carbons (Fsp3) is 0.214. The summed E-state index contributed by atoms with van der Waals surface area (Å²) in [6, 6.07) is 12.4. The van der Waals surface area contributed by atoms with Crippen molar-refractivity contribution in [2.45, 2.75) is 13.3 Å². The monoisotopic (exact) mass is 227 g/mol. The second-order valence-corrected chi connectivity index (χ2v) is 3.86. The highest BCUT2D eigenvalue weighted by atomic mass is 15.0. The lowest BCUT2D eigenvalue weighted by Gasteiger charge is -2.08. The van der Waals surface area contributed by atoms with Crippen molar-refractivity contribution in [3.05, 3.63) is 48.2 Å². The third-order valence-corrected chi connectivity index (χ3v) is 2.64. The van der Waals surface area contributed by atoms with Gasteiger partial charge in [0.1, 0.15) is 5.82 Å². The van der Waals surface area contributed by atoms with E-state index < -0.39 is 0 Å². The summed E-state index contributed by atoms with van der Waals surface area (Å²) in [7, 11) is 1.86. The van der Waals surface area contributed by atoms with Crippen LogP contribution in [0.4, 0.5) is 17.2 Å². The molecule has 0 unspecified atom stereocenters. The Bertz CT molecular complexity index is 449. The Morgan fingerprint density at radius 3 is 2.71 bits per heavy atom. The summed E-state index contributed by atoms with van der Waals surface area (Å²) in [5.41, 5.74) is 3.48. The number of hydrogen-bond acceptors (Lipinski definition) is 3. The maximum Gasteiger partial charge on any atom is 0.127 e. The summed E-state index contributed by atoms with van der Waals surface area (Å²) < 4.78 is 0. The Morgan fingerprint density at radius 1 is 1.12 bits per heavy atom. The summed E-state index contributed by atoms with van der Waals surface area (Å²) in [6.07, 6.45) is 2.84. The van der Waals surface area contributed by atoms with E-state index in [1.807, 2.05) is 19.2 Å². The number of rotatable bonds is 4. The van der Waals surface area contributed by atoms with E-state index in [9.17, 15) is 0 Å². The molecule has 0 saturated carbocycles. The van der Waals surface area contributed by atoms with Gasteiger partial charge in [-0.2, -0.15) is 0 Å². The van der Waals surface area contributed by atoms with Crippen LogP contribution in [-0.4, -0.2) is 12.0 Å². The molecule has 0 fully saturated rings. The molecule has 2 N–H and O–H groups in total. The van der Waals surface area contributed by atoms with E-state index in [-0.39, 0.29) is 0 Å². The number of nitrogens with zero attached hydrogens (tertiary/aromatic N) is 1. The number of benzene rings is 1. The summed E-state index contributed by atoms with van der Waals surface area (Å²) in [4.78, 5) is 4.18. The molecule has 1 aromatic heterocycles. The van der Waals surface area contributed by atoms with Crippen LogP contribution in [0.3, 0.4) is 0 Å². The van der Waals surface area contributed by atoms with Crippen molar-refractivity contribution in [1.29, 1.82) is 0 Å². The first-order chi connectivity index (χ1) is 8.31. The molecule has 0 radical (unpaired) electrons. The molecule has 0 spiro atoms. The molecule has 0 amide bonds. The van der Waals surface area contributed by atoms with Gasteiger partial charge < -0.3 is 10.6 Å². The Labute approximate surface area is 102 Å². The highest BCUT2D eigenvalue weighted by Crippen LogP contribution is 2.19. The quantitative estimate of drug-likeness (QED) is 0.840. The normalized spacial score (nSPS) is 10.0. The molecule has 2 rings (SSSR count). The highest BCUT2D eigenvalue weighted by molar-refractivity contribution is 5.62. The van der Waals surface area contributed by atoms with Gasteiger partial charge in [-0.1, -0.05) is 19.1 Å². The molecule has 3 heteroatoms. The second kappa shape index (κ2) is 5.34. The molecule has 0 aliphatic rings. The summed E-state index contributed by atoms with van der Waals surface area (Å²) in [6.45, 7) is 2.16. The lowest BCUT2D eigenvalue weighted by molar-refractivity contribution is 1.14. The van der Waals surface area contributed by atoms with E-state index in [0.29, 0.717) is 0 Å². The van der Waals surface area contributed by atoms with Crippen LogP contribution in [0.25, 0.3) is 0 Å². The molecule has 1 heterocycles. The zero-order valence-electron chi connectivity index (χ0n) is 10.2. The average molecular weight is 227 g/mol. The number of hydrogen-bond donors (Lipinski definition) is 2. The number of nitrogens with one attached hydrogen (secondary N) is 2. The molecule has 0 bridgehead atoms. The van der Waals surface area contributed by atoms with E-state index in [2.05, 4.69) is 46.8 Å². The zero-order valence-corrected chi connectivity index (χ0v) is 10.2. The van der Waals surface area contributed by atoms with E-state index in [0.717, 1.165) is 23.6 Å². The van der Waals surface area contributed by atoms with Gasteiger partial charge in [0.05, 0.1) is 0 Å². The third-order valence-electron chi connectivity index (χ3n) is 2.64. The van der Waals surface area contributed by atoms with E-state index >= 15 is 0 Å². The fourth-order valence-electron chi connectivity index (χ4n) is 1.68. The van der Waals surface area contributed by atoms with Crippen molar-refractivity contribution < 1.29 is 0 Å². The van der Waals surface area contributed by atoms with Gasteiger partial charge >= 0.3 is 0 Å². The van der Waals surface area contributed by atoms with Crippen LogP contribution in [0.2, 0.25) is 0 Å². The van der Waals surface area contributed by atoms with Crippen molar-refractivity contribution in [2.24, 2.45) is 0 Å². The van der Waals surface area contributed by atoms with Crippen LogP contribution in [-0.2, 0) is 6.42 Å². The Morgan fingerprint density at radius 2 is 1.94 bits per heavy atom. The van der Waals surface area contributed by atoms with Crippen molar-refractivity contribution in [2.75, 3.05) is 17.7 Å². The van der Waals surface area contributed by atoms with Crippen molar-refractivity contribution >= 4 is 17.2 Å². The Kier molecular flexibility index (Phi) is 3.60. The Balaban J connectivity index is 2.18. The first-order valence-electron chi connectivity index (χ1n) is 5.81. The van der Waals surface area contributed by atoms with Crippen LogP contribution >= 0.6 is 0 Å². The predicted octanol–water partition coefficient (Wildman–Crippen LogP) is 3.43. The van der Waals surface area contributed by atoms with Crippen molar-refractivity contribution in [3.63, 3.8) is 0 Å². The SMILES string of the molecule is CCc1cccc(Nc2ccnc(NC)c2)c1. The van der Waals surface area contributed by atoms with Gasteiger partial charge in [-0.05, 0) is 30.2 Å². The first kappa shape index (κ1) is 11.5. The number of pyridine rings is 1. The van der Waals surface area contributed by atoms with Gasteiger partial charge in [-0.25, -0.2) is 4.98 Å². The summed E-state index contributed by atoms with van der Waals surface area (Å²) in [5.74, 6) is 0.863. The van der Waals surface area contributed by atoms with Crippen molar-refractivity contribution in [3.8, 4) is 0 Å². The maximum atomic E-state index is 4.18. The summed E-state index contributed by atoms with van der Waals surface area (Å²) >= 11 is 0. The largest absolute Gasteiger partial charge is 0.373 e. The van der Waals surface area contributed by atoms with Crippen LogP contribution in [0.5, 0.6) is 0 Å². The molecule has 17 heavy (non-hydrogen) atoms. The Hall–Kier alpha value is -2.03.